The van der Waals surface area contributed by atoms with Crippen molar-refractivity contribution in [3.8, 4) is 0 Å². The van der Waals surface area contributed by atoms with Gasteiger partial charge in [0.05, 0.1) is 0 Å². The van der Waals surface area contributed by atoms with E-state index >= 15 is 0 Å². The number of nitrogens with zero attached hydrogens (tertiary/aromatic N) is 1. The number of piperidine rings is 2. The lowest BCUT2D eigenvalue weighted by atomic mass is 9.80. The minimum Gasteiger partial charge on any atom is -0.317 e. The molecule has 3 atom stereocenters. The number of rotatable bonds is 2. The van der Waals surface area contributed by atoms with Crippen molar-refractivity contribution in [3.63, 3.8) is 0 Å². The SMILES string of the molecule is CN1[C@H]2CC[C@H](CC3CCNCC3)[C@H]1CC2. The Bertz CT molecular complexity index is 235. The fourth-order valence-corrected chi connectivity index (χ4v) is 4.38. The van der Waals surface area contributed by atoms with Gasteiger partial charge in [0.2, 0.25) is 0 Å². The average Bonchev–Trinajstić information content (AvgIpc) is 2.55. The van der Waals surface area contributed by atoms with Crippen molar-refractivity contribution in [2.75, 3.05) is 20.1 Å². The summed E-state index contributed by atoms with van der Waals surface area (Å²) in [7, 11) is 2.37. The Labute approximate surface area is 99.8 Å². The molecule has 0 aliphatic carbocycles. The standard InChI is InChI=1S/C14H26N2/c1-16-13-3-2-12(14(16)5-4-13)10-11-6-8-15-9-7-11/h11-15H,2-10H2,1H3/t12-,13+,14-/m1/s1. The highest BCUT2D eigenvalue weighted by Crippen LogP contribution is 2.41. The topological polar surface area (TPSA) is 15.3 Å². The van der Waals surface area contributed by atoms with Crippen LogP contribution in [0, 0.1) is 11.8 Å². The zero-order chi connectivity index (χ0) is 11.0. The molecule has 0 saturated carbocycles. The maximum atomic E-state index is 3.48. The quantitative estimate of drug-likeness (QED) is 0.771. The summed E-state index contributed by atoms with van der Waals surface area (Å²) in [6.45, 7) is 2.53. The maximum Gasteiger partial charge on any atom is 0.0124 e. The van der Waals surface area contributed by atoms with E-state index in [2.05, 4.69) is 17.3 Å². The van der Waals surface area contributed by atoms with Crippen molar-refractivity contribution in [1.29, 1.82) is 0 Å². The first-order valence-corrected chi connectivity index (χ1v) is 7.27. The second-order valence-electron chi connectivity index (χ2n) is 6.23. The highest BCUT2D eigenvalue weighted by Gasteiger charge is 2.40. The summed E-state index contributed by atoms with van der Waals surface area (Å²) in [6.07, 6.45) is 10.3. The van der Waals surface area contributed by atoms with Crippen LogP contribution in [0.2, 0.25) is 0 Å². The van der Waals surface area contributed by atoms with Crippen molar-refractivity contribution < 1.29 is 0 Å². The third-order valence-corrected chi connectivity index (χ3v) is 5.40. The molecule has 0 aromatic heterocycles. The highest BCUT2D eigenvalue weighted by molar-refractivity contribution is 4.95. The van der Waals surface area contributed by atoms with E-state index in [0.717, 1.165) is 23.9 Å². The van der Waals surface area contributed by atoms with Crippen molar-refractivity contribution in [2.45, 2.75) is 57.0 Å². The molecule has 0 aromatic carbocycles. The van der Waals surface area contributed by atoms with E-state index in [1.165, 1.54) is 58.0 Å². The summed E-state index contributed by atoms with van der Waals surface area (Å²) in [5, 5.41) is 3.48. The first-order chi connectivity index (χ1) is 7.84. The molecular formula is C14H26N2. The molecule has 3 aliphatic rings. The van der Waals surface area contributed by atoms with E-state index in [-0.39, 0.29) is 0 Å². The van der Waals surface area contributed by atoms with E-state index in [1.54, 1.807) is 0 Å². The van der Waals surface area contributed by atoms with Crippen LogP contribution in [-0.2, 0) is 0 Å². The van der Waals surface area contributed by atoms with Crippen LogP contribution in [0.1, 0.15) is 44.9 Å². The number of nitrogens with one attached hydrogen (secondary N) is 1. The van der Waals surface area contributed by atoms with Crippen molar-refractivity contribution >= 4 is 0 Å². The van der Waals surface area contributed by atoms with Crippen LogP contribution in [0.5, 0.6) is 0 Å². The average molecular weight is 222 g/mol. The van der Waals surface area contributed by atoms with Crippen LogP contribution in [0.4, 0.5) is 0 Å². The summed E-state index contributed by atoms with van der Waals surface area (Å²) in [5.41, 5.74) is 0. The normalized spacial score (nSPS) is 41.4. The molecule has 92 valence electrons. The van der Waals surface area contributed by atoms with Gasteiger partial charge >= 0.3 is 0 Å². The monoisotopic (exact) mass is 222 g/mol. The zero-order valence-corrected chi connectivity index (χ0v) is 10.6. The van der Waals surface area contributed by atoms with Crippen LogP contribution >= 0.6 is 0 Å². The maximum absolute atomic E-state index is 3.48. The van der Waals surface area contributed by atoms with Gasteiger partial charge in [0.1, 0.15) is 0 Å². The number of hydrogen-bond acceptors (Lipinski definition) is 2. The summed E-state index contributed by atoms with van der Waals surface area (Å²) in [6, 6.07) is 1.88. The molecular weight excluding hydrogens is 196 g/mol. The van der Waals surface area contributed by atoms with E-state index in [4.69, 9.17) is 0 Å². The lowest BCUT2D eigenvalue weighted by Gasteiger charge is -2.39. The van der Waals surface area contributed by atoms with Gasteiger partial charge in [-0.25, -0.2) is 0 Å². The first kappa shape index (κ1) is 11.0. The fraction of sp³-hybridized carbons (Fsp3) is 1.00. The predicted molar refractivity (Wildman–Crippen MR) is 67.5 cm³/mol. The van der Waals surface area contributed by atoms with Gasteiger partial charge in [-0.2, -0.15) is 0 Å². The van der Waals surface area contributed by atoms with E-state index < -0.39 is 0 Å². The molecule has 2 bridgehead atoms. The highest BCUT2D eigenvalue weighted by atomic mass is 15.2. The Morgan fingerprint density at radius 2 is 1.75 bits per heavy atom. The van der Waals surface area contributed by atoms with Crippen molar-refractivity contribution in [1.82, 2.24) is 10.2 Å². The molecule has 2 nitrogen and oxygen atoms in total. The third-order valence-electron chi connectivity index (χ3n) is 5.40. The number of fused-ring (bicyclic) bond motifs is 2. The fourth-order valence-electron chi connectivity index (χ4n) is 4.38. The van der Waals surface area contributed by atoms with Gasteiger partial charge in [-0.05, 0) is 76.9 Å². The minimum absolute atomic E-state index is 0.939. The van der Waals surface area contributed by atoms with Crippen LogP contribution in [-0.4, -0.2) is 37.1 Å². The van der Waals surface area contributed by atoms with Crippen LogP contribution in [0.3, 0.4) is 0 Å². The van der Waals surface area contributed by atoms with Gasteiger partial charge in [0.15, 0.2) is 0 Å². The van der Waals surface area contributed by atoms with Crippen molar-refractivity contribution in [2.24, 2.45) is 11.8 Å². The molecule has 16 heavy (non-hydrogen) atoms. The van der Waals surface area contributed by atoms with Gasteiger partial charge in [0, 0.05) is 12.1 Å². The first-order valence-electron chi connectivity index (χ1n) is 7.27. The van der Waals surface area contributed by atoms with Crippen LogP contribution in [0.25, 0.3) is 0 Å². The molecule has 3 saturated heterocycles. The van der Waals surface area contributed by atoms with Crippen LogP contribution in [0.15, 0.2) is 0 Å². The Morgan fingerprint density at radius 1 is 1.00 bits per heavy atom. The second-order valence-corrected chi connectivity index (χ2v) is 6.23. The summed E-state index contributed by atoms with van der Waals surface area (Å²) >= 11 is 0. The molecule has 0 aromatic rings. The Hall–Kier alpha value is -0.0800. The Morgan fingerprint density at radius 3 is 2.56 bits per heavy atom. The zero-order valence-electron chi connectivity index (χ0n) is 10.6. The Balaban J connectivity index is 1.57. The number of hydrogen-bond donors (Lipinski definition) is 1. The minimum atomic E-state index is 0.939. The summed E-state index contributed by atoms with van der Waals surface area (Å²) < 4.78 is 0. The second kappa shape index (κ2) is 4.66. The smallest absolute Gasteiger partial charge is 0.0124 e. The molecule has 2 heteroatoms. The molecule has 3 aliphatic heterocycles. The molecule has 0 unspecified atom stereocenters. The molecule has 3 rings (SSSR count). The Kier molecular flexibility index (Phi) is 3.21. The van der Waals surface area contributed by atoms with Gasteiger partial charge in [-0.15, -0.1) is 0 Å². The molecule has 3 heterocycles. The molecule has 0 spiro atoms. The predicted octanol–water partition coefficient (Wildman–Crippen LogP) is 2.25. The lowest BCUT2D eigenvalue weighted by Crippen LogP contribution is -2.43. The summed E-state index contributed by atoms with van der Waals surface area (Å²) in [4.78, 5) is 2.70. The largest absolute Gasteiger partial charge is 0.317 e. The third kappa shape index (κ3) is 2.02. The lowest BCUT2D eigenvalue weighted by molar-refractivity contribution is 0.0994. The van der Waals surface area contributed by atoms with Gasteiger partial charge in [-0.3, -0.25) is 0 Å². The van der Waals surface area contributed by atoms with E-state index in [1.807, 2.05) is 0 Å². The molecule has 0 radical (unpaired) electrons. The van der Waals surface area contributed by atoms with Gasteiger partial charge in [-0.1, -0.05) is 0 Å². The van der Waals surface area contributed by atoms with Gasteiger partial charge < -0.3 is 10.2 Å². The molecule has 3 fully saturated rings. The van der Waals surface area contributed by atoms with Gasteiger partial charge in [0.25, 0.3) is 0 Å². The van der Waals surface area contributed by atoms with Crippen molar-refractivity contribution in [3.05, 3.63) is 0 Å². The van der Waals surface area contributed by atoms with E-state index in [0.29, 0.717) is 0 Å². The molecule has 0 amide bonds. The van der Waals surface area contributed by atoms with E-state index in [9.17, 15) is 0 Å². The summed E-state index contributed by atoms with van der Waals surface area (Å²) in [5.74, 6) is 2.05. The molecule has 1 N–H and O–H groups in total. The van der Waals surface area contributed by atoms with Crippen LogP contribution < -0.4 is 5.32 Å².